The second-order valence-electron chi connectivity index (χ2n) is 6.71. The van der Waals surface area contributed by atoms with Gasteiger partial charge in [-0.05, 0) is 23.7 Å². The first kappa shape index (κ1) is 22.4. The SMILES string of the molecule is CCCCCCCCCCCCC.NC(=O)n1sc2ccccc2c1=O. The molecule has 1 aromatic carbocycles. The van der Waals surface area contributed by atoms with Gasteiger partial charge in [0.1, 0.15) is 0 Å². The summed E-state index contributed by atoms with van der Waals surface area (Å²) in [6, 6.07) is 6.28. The summed E-state index contributed by atoms with van der Waals surface area (Å²) >= 11 is 1.06. The lowest BCUT2D eigenvalue weighted by molar-refractivity contribution is 0.252. The Hall–Kier alpha value is -1.62. The Balaban J connectivity index is 0.000000260. The van der Waals surface area contributed by atoms with Gasteiger partial charge in [-0.1, -0.05) is 96.6 Å². The number of benzene rings is 1. The predicted molar refractivity (Wildman–Crippen MR) is 113 cm³/mol. The molecule has 0 aliphatic carbocycles. The Kier molecular flexibility index (Phi) is 11.7. The number of hydrogen-bond donors (Lipinski definition) is 1. The summed E-state index contributed by atoms with van der Waals surface area (Å²) in [7, 11) is 0. The normalized spacial score (nSPS) is 10.5. The summed E-state index contributed by atoms with van der Waals surface area (Å²) in [5.74, 6) is 0. The molecule has 1 aromatic heterocycles. The van der Waals surface area contributed by atoms with E-state index in [4.69, 9.17) is 5.73 Å². The highest BCUT2D eigenvalue weighted by Gasteiger charge is 2.09. The Labute approximate surface area is 161 Å². The molecule has 0 saturated heterocycles. The van der Waals surface area contributed by atoms with Crippen LogP contribution in [0.15, 0.2) is 29.1 Å². The van der Waals surface area contributed by atoms with Crippen molar-refractivity contribution in [3.8, 4) is 0 Å². The number of nitrogens with two attached hydrogens (primary N) is 1. The fraction of sp³-hybridized carbons (Fsp3) is 0.619. The lowest BCUT2D eigenvalue weighted by Crippen LogP contribution is -2.26. The van der Waals surface area contributed by atoms with E-state index in [2.05, 4.69) is 13.8 Å². The number of amides is 1. The molecule has 0 atom stereocenters. The Morgan fingerprint density at radius 1 is 0.885 bits per heavy atom. The molecule has 0 bridgehead atoms. The van der Waals surface area contributed by atoms with Crippen LogP contribution in [0.4, 0.5) is 4.79 Å². The van der Waals surface area contributed by atoms with Crippen molar-refractivity contribution in [2.75, 3.05) is 0 Å². The van der Waals surface area contributed by atoms with Crippen LogP contribution in [0.1, 0.15) is 84.5 Å². The molecule has 2 aromatic rings. The second-order valence-corrected chi connectivity index (χ2v) is 7.69. The van der Waals surface area contributed by atoms with Crippen molar-refractivity contribution < 1.29 is 4.79 Å². The van der Waals surface area contributed by atoms with Crippen LogP contribution in [0.3, 0.4) is 0 Å². The monoisotopic (exact) mass is 378 g/mol. The highest BCUT2D eigenvalue weighted by atomic mass is 32.1. The molecule has 2 N–H and O–H groups in total. The minimum Gasteiger partial charge on any atom is -0.350 e. The Morgan fingerprint density at radius 3 is 1.77 bits per heavy atom. The highest BCUT2D eigenvalue weighted by Crippen LogP contribution is 2.15. The molecule has 0 aliphatic heterocycles. The van der Waals surface area contributed by atoms with Gasteiger partial charge >= 0.3 is 6.03 Å². The fourth-order valence-corrected chi connectivity index (χ4v) is 3.72. The Bertz CT molecular complexity index is 681. The number of carbonyl (C=O) groups is 1. The number of nitrogens with zero attached hydrogens (tertiary/aromatic N) is 1. The first-order chi connectivity index (χ1) is 12.6. The van der Waals surface area contributed by atoms with Gasteiger partial charge in [-0.2, -0.15) is 3.96 Å². The maximum Gasteiger partial charge on any atom is 0.335 e. The molecular weight excluding hydrogens is 344 g/mol. The van der Waals surface area contributed by atoms with Gasteiger partial charge in [0.2, 0.25) is 0 Å². The average Bonchev–Trinajstić information content (AvgIpc) is 2.98. The molecule has 26 heavy (non-hydrogen) atoms. The van der Waals surface area contributed by atoms with Gasteiger partial charge in [-0.15, -0.1) is 0 Å². The van der Waals surface area contributed by atoms with E-state index in [1.165, 1.54) is 70.6 Å². The number of fused-ring (bicyclic) bond motifs is 1. The number of carbonyl (C=O) groups excluding carboxylic acids is 1. The second kappa shape index (κ2) is 13.6. The van der Waals surface area contributed by atoms with Crippen molar-refractivity contribution in [3.63, 3.8) is 0 Å². The van der Waals surface area contributed by atoms with Gasteiger partial charge in [-0.25, -0.2) is 4.79 Å². The zero-order valence-electron chi connectivity index (χ0n) is 16.3. The third-order valence-corrected chi connectivity index (χ3v) is 5.48. The number of primary amides is 1. The average molecular weight is 379 g/mol. The van der Waals surface area contributed by atoms with Crippen LogP contribution in [0, 0.1) is 0 Å². The lowest BCUT2D eigenvalue weighted by atomic mass is 10.1. The van der Waals surface area contributed by atoms with Crippen LogP contribution in [-0.2, 0) is 0 Å². The molecule has 146 valence electrons. The highest BCUT2D eigenvalue weighted by molar-refractivity contribution is 7.14. The van der Waals surface area contributed by atoms with Crippen LogP contribution in [-0.4, -0.2) is 9.99 Å². The van der Waals surface area contributed by atoms with Crippen molar-refractivity contribution in [2.24, 2.45) is 5.73 Å². The molecule has 5 heteroatoms. The van der Waals surface area contributed by atoms with E-state index in [1.807, 2.05) is 6.07 Å². The van der Waals surface area contributed by atoms with E-state index in [1.54, 1.807) is 18.2 Å². The largest absolute Gasteiger partial charge is 0.350 e. The summed E-state index contributed by atoms with van der Waals surface area (Å²) in [6.07, 6.45) is 15.9. The first-order valence-corrected chi connectivity index (χ1v) is 10.8. The van der Waals surface area contributed by atoms with E-state index in [0.717, 1.165) is 20.2 Å². The van der Waals surface area contributed by atoms with Crippen LogP contribution in [0.5, 0.6) is 0 Å². The number of aromatic nitrogens is 1. The molecule has 0 fully saturated rings. The van der Waals surface area contributed by atoms with Gasteiger partial charge in [0.05, 0.1) is 10.1 Å². The standard InChI is InChI=1S/C13H28.C8H6N2O2S/c1-3-5-7-9-11-13-12-10-8-6-4-2;9-8(12)10-7(11)5-3-1-2-4-6(5)13-10/h3-13H2,1-2H3;1-4H,(H2,9,12). The molecule has 1 heterocycles. The molecule has 2 rings (SSSR count). The summed E-state index contributed by atoms with van der Waals surface area (Å²) < 4.78 is 1.72. The van der Waals surface area contributed by atoms with Crippen molar-refractivity contribution in [2.45, 2.75) is 84.5 Å². The zero-order valence-corrected chi connectivity index (χ0v) is 17.2. The maximum absolute atomic E-state index is 11.4. The Morgan fingerprint density at radius 2 is 1.35 bits per heavy atom. The summed E-state index contributed by atoms with van der Waals surface area (Å²) in [5, 5.41) is 0.534. The van der Waals surface area contributed by atoms with Crippen LogP contribution in [0.25, 0.3) is 10.1 Å². The summed E-state index contributed by atoms with van der Waals surface area (Å²) in [5.41, 5.74) is 4.67. The van der Waals surface area contributed by atoms with E-state index >= 15 is 0 Å². The quantitative estimate of drug-likeness (QED) is 0.492. The van der Waals surface area contributed by atoms with Crippen molar-refractivity contribution in [3.05, 3.63) is 34.6 Å². The molecule has 0 spiro atoms. The predicted octanol–water partition coefficient (Wildman–Crippen LogP) is 6.31. The third kappa shape index (κ3) is 8.17. The molecule has 0 saturated carbocycles. The number of hydrogen-bond acceptors (Lipinski definition) is 3. The molecule has 4 nitrogen and oxygen atoms in total. The minimum absolute atomic E-state index is 0.340. The van der Waals surface area contributed by atoms with Crippen molar-refractivity contribution in [1.82, 2.24) is 3.96 Å². The van der Waals surface area contributed by atoms with Gasteiger partial charge in [0.25, 0.3) is 5.56 Å². The summed E-state index contributed by atoms with van der Waals surface area (Å²) in [6.45, 7) is 4.56. The maximum atomic E-state index is 11.4. The molecule has 1 amide bonds. The van der Waals surface area contributed by atoms with E-state index in [0.29, 0.717) is 5.39 Å². The molecule has 0 unspecified atom stereocenters. The fourth-order valence-electron chi connectivity index (χ4n) is 2.85. The zero-order chi connectivity index (χ0) is 19.2. The van der Waals surface area contributed by atoms with Crippen molar-refractivity contribution >= 4 is 27.6 Å². The van der Waals surface area contributed by atoms with E-state index in [-0.39, 0.29) is 5.56 Å². The van der Waals surface area contributed by atoms with Gasteiger partial charge in [-0.3, -0.25) is 4.79 Å². The number of unbranched alkanes of at least 4 members (excludes halogenated alkanes) is 10. The van der Waals surface area contributed by atoms with Crippen LogP contribution < -0.4 is 11.3 Å². The van der Waals surface area contributed by atoms with Gasteiger partial charge < -0.3 is 5.73 Å². The van der Waals surface area contributed by atoms with Crippen molar-refractivity contribution in [1.29, 1.82) is 0 Å². The van der Waals surface area contributed by atoms with E-state index in [9.17, 15) is 9.59 Å². The van der Waals surface area contributed by atoms with Gasteiger partial charge in [0.15, 0.2) is 0 Å². The van der Waals surface area contributed by atoms with Crippen LogP contribution >= 0.6 is 11.5 Å². The molecule has 0 radical (unpaired) electrons. The van der Waals surface area contributed by atoms with Gasteiger partial charge in [0, 0.05) is 0 Å². The summed E-state index contributed by atoms with van der Waals surface area (Å²) in [4.78, 5) is 22.2. The smallest absolute Gasteiger partial charge is 0.335 e. The third-order valence-electron chi connectivity index (χ3n) is 4.40. The first-order valence-electron chi connectivity index (χ1n) is 10.0. The topological polar surface area (TPSA) is 65.1 Å². The lowest BCUT2D eigenvalue weighted by Gasteiger charge is -2.00. The molecular formula is C21H34N2O2S. The van der Waals surface area contributed by atoms with Crippen LogP contribution in [0.2, 0.25) is 0 Å². The minimum atomic E-state index is -0.730. The van der Waals surface area contributed by atoms with E-state index < -0.39 is 6.03 Å². The number of rotatable bonds is 10. The molecule has 0 aliphatic rings.